The first-order valence-corrected chi connectivity index (χ1v) is 10.3. The minimum Gasteiger partial charge on any atom is -0.493 e. The fourth-order valence-corrected chi connectivity index (χ4v) is 3.09. The molecule has 160 valence electrons. The van der Waals surface area contributed by atoms with Crippen molar-refractivity contribution in [3.8, 4) is 11.5 Å². The van der Waals surface area contributed by atoms with E-state index in [1.165, 1.54) is 5.56 Å². The van der Waals surface area contributed by atoms with Crippen LogP contribution in [0.4, 0.5) is 0 Å². The molecular weight excluding hydrogens is 366 g/mol. The molecule has 29 heavy (non-hydrogen) atoms. The molecule has 0 aliphatic heterocycles. The molecule has 0 aliphatic carbocycles. The number of guanidine groups is 1. The van der Waals surface area contributed by atoms with E-state index in [-0.39, 0.29) is 0 Å². The fraction of sp³-hybridized carbons (Fsp3) is 0.545. The van der Waals surface area contributed by atoms with Crippen molar-refractivity contribution < 1.29 is 9.47 Å². The second-order valence-electron chi connectivity index (χ2n) is 7.26. The van der Waals surface area contributed by atoms with Gasteiger partial charge in [0.15, 0.2) is 17.5 Å². The molecule has 0 aliphatic rings. The average Bonchev–Trinajstić information content (AvgIpc) is 3.14. The number of benzene rings is 1. The SMILES string of the molecule is CCOc1cc(CCCNC(=NC)NCc2nccn2CC(C)C)ccc1OC. The molecule has 1 aromatic carbocycles. The maximum absolute atomic E-state index is 5.65. The maximum atomic E-state index is 5.65. The molecule has 7 heteroatoms. The van der Waals surface area contributed by atoms with Crippen LogP contribution < -0.4 is 20.1 Å². The quantitative estimate of drug-likeness (QED) is 0.344. The maximum Gasteiger partial charge on any atom is 0.191 e. The molecule has 2 rings (SSSR count). The van der Waals surface area contributed by atoms with Crippen LogP contribution in [0.25, 0.3) is 0 Å². The first kappa shape index (κ1) is 22.6. The predicted molar refractivity (Wildman–Crippen MR) is 118 cm³/mol. The van der Waals surface area contributed by atoms with Gasteiger partial charge in [-0.2, -0.15) is 0 Å². The number of aryl methyl sites for hydroxylation is 1. The van der Waals surface area contributed by atoms with Crippen LogP contribution in [0, 0.1) is 5.92 Å². The normalized spacial score (nSPS) is 11.6. The Morgan fingerprint density at radius 3 is 2.76 bits per heavy atom. The largest absolute Gasteiger partial charge is 0.493 e. The lowest BCUT2D eigenvalue weighted by Crippen LogP contribution is -2.38. The Morgan fingerprint density at radius 2 is 2.07 bits per heavy atom. The van der Waals surface area contributed by atoms with Crippen LogP contribution in [0.15, 0.2) is 35.6 Å². The number of ether oxygens (including phenoxy) is 2. The molecule has 2 N–H and O–H groups in total. The van der Waals surface area contributed by atoms with E-state index < -0.39 is 0 Å². The number of rotatable bonds is 11. The van der Waals surface area contributed by atoms with Crippen LogP contribution in [-0.2, 0) is 19.5 Å². The molecule has 0 saturated heterocycles. The molecule has 2 aromatic rings. The molecule has 0 amide bonds. The van der Waals surface area contributed by atoms with Crippen LogP contribution in [0.3, 0.4) is 0 Å². The molecule has 7 nitrogen and oxygen atoms in total. The van der Waals surface area contributed by atoms with Crippen molar-refractivity contribution >= 4 is 5.96 Å². The summed E-state index contributed by atoms with van der Waals surface area (Å²) in [6, 6.07) is 6.11. The number of nitrogens with one attached hydrogen (secondary N) is 2. The predicted octanol–water partition coefficient (Wildman–Crippen LogP) is 3.24. The highest BCUT2D eigenvalue weighted by Crippen LogP contribution is 2.28. The average molecular weight is 402 g/mol. The van der Waals surface area contributed by atoms with E-state index in [0.29, 0.717) is 19.1 Å². The van der Waals surface area contributed by atoms with Crippen molar-refractivity contribution in [2.75, 3.05) is 27.3 Å². The van der Waals surface area contributed by atoms with E-state index >= 15 is 0 Å². The van der Waals surface area contributed by atoms with Gasteiger partial charge in [0.05, 0.1) is 20.3 Å². The molecule has 0 fully saturated rings. The Hall–Kier alpha value is -2.70. The van der Waals surface area contributed by atoms with Crippen LogP contribution in [0.5, 0.6) is 11.5 Å². The molecule has 0 atom stereocenters. The van der Waals surface area contributed by atoms with Gasteiger partial charge in [-0.15, -0.1) is 0 Å². The molecule has 0 spiro atoms. The minimum absolute atomic E-state index is 0.585. The summed E-state index contributed by atoms with van der Waals surface area (Å²) in [5.74, 6) is 3.96. The van der Waals surface area contributed by atoms with Crippen LogP contribution >= 0.6 is 0 Å². The molecule has 0 radical (unpaired) electrons. The standard InChI is InChI=1S/C22H35N5O2/c1-6-29-20-14-18(9-10-19(20)28-5)8-7-11-25-22(23-4)26-15-21-24-12-13-27(21)16-17(2)3/h9-10,12-14,17H,6-8,11,15-16H2,1-5H3,(H2,23,25,26). The molecule has 0 bridgehead atoms. The van der Waals surface area contributed by atoms with E-state index in [2.05, 4.69) is 51.2 Å². The summed E-state index contributed by atoms with van der Waals surface area (Å²) in [6.45, 7) is 9.46. The summed E-state index contributed by atoms with van der Waals surface area (Å²) in [7, 11) is 3.45. The summed E-state index contributed by atoms with van der Waals surface area (Å²) in [5.41, 5.74) is 1.23. The third kappa shape index (κ3) is 7.33. The fourth-order valence-electron chi connectivity index (χ4n) is 3.09. The van der Waals surface area contributed by atoms with Gasteiger partial charge >= 0.3 is 0 Å². The van der Waals surface area contributed by atoms with Gasteiger partial charge in [-0.3, -0.25) is 4.99 Å². The molecule has 0 unspecified atom stereocenters. The zero-order valence-electron chi connectivity index (χ0n) is 18.4. The van der Waals surface area contributed by atoms with Gasteiger partial charge < -0.3 is 24.7 Å². The van der Waals surface area contributed by atoms with Crippen molar-refractivity contribution in [1.29, 1.82) is 0 Å². The van der Waals surface area contributed by atoms with Gasteiger partial charge in [-0.1, -0.05) is 19.9 Å². The van der Waals surface area contributed by atoms with Gasteiger partial charge in [0.2, 0.25) is 0 Å². The Bertz CT molecular complexity index is 770. The van der Waals surface area contributed by atoms with E-state index in [0.717, 1.165) is 49.2 Å². The zero-order valence-corrected chi connectivity index (χ0v) is 18.4. The second kappa shape index (κ2) is 12.0. The Kier molecular flexibility index (Phi) is 9.34. The highest BCUT2D eigenvalue weighted by molar-refractivity contribution is 5.79. The number of hydrogen-bond acceptors (Lipinski definition) is 4. The summed E-state index contributed by atoms with van der Waals surface area (Å²) < 4.78 is 13.2. The Balaban J connectivity index is 1.78. The lowest BCUT2D eigenvalue weighted by Gasteiger charge is -2.14. The van der Waals surface area contributed by atoms with E-state index in [4.69, 9.17) is 9.47 Å². The number of aliphatic imine (C=N–C) groups is 1. The summed E-state index contributed by atoms with van der Waals surface area (Å²) >= 11 is 0. The number of hydrogen-bond donors (Lipinski definition) is 2. The molecule has 1 heterocycles. The highest BCUT2D eigenvalue weighted by atomic mass is 16.5. The Morgan fingerprint density at radius 1 is 1.24 bits per heavy atom. The number of nitrogens with zero attached hydrogens (tertiary/aromatic N) is 3. The van der Waals surface area contributed by atoms with E-state index in [1.54, 1.807) is 14.2 Å². The summed E-state index contributed by atoms with van der Waals surface area (Å²) in [6.07, 6.45) is 5.81. The first-order valence-electron chi connectivity index (χ1n) is 10.3. The third-order valence-corrected chi connectivity index (χ3v) is 4.46. The second-order valence-corrected chi connectivity index (χ2v) is 7.26. The van der Waals surface area contributed by atoms with E-state index in [9.17, 15) is 0 Å². The topological polar surface area (TPSA) is 72.7 Å². The van der Waals surface area contributed by atoms with Crippen molar-refractivity contribution in [2.45, 2.75) is 46.7 Å². The molecule has 0 saturated carbocycles. The van der Waals surface area contributed by atoms with Gasteiger partial charge in [0.25, 0.3) is 0 Å². The number of imidazole rings is 1. The Labute approximate surface area is 174 Å². The van der Waals surface area contributed by atoms with Crippen molar-refractivity contribution in [3.05, 3.63) is 42.0 Å². The smallest absolute Gasteiger partial charge is 0.191 e. The third-order valence-electron chi connectivity index (χ3n) is 4.46. The van der Waals surface area contributed by atoms with Gasteiger partial charge in [0.1, 0.15) is 5.82 Å². The lowest BCUT2D eigenvalue weighted by atomic mass is 10.1. The summed E-state index contributed by atoms with van der Waals surface area (Å²) in [5, 5.41) is 6.71. The van der Waals surface area contributed by atoms with Crippen LogP contribution in [-0.4, -0.2) is 42.8 Å². The van der Waals surface area contributed by atoms with Gasteiger partial charge in [-0.05, 0) is 43.4 Å². The summed E-state index contributed by atoms with van der Waals surface area (Å²) in [4.78, 5) is 8.75. The van der Waals surface area contributed by atoms with Crippen LogP contribution in [0.1, 0.15) is 38.6 Å². The van der Waals surface area contributed by atoms with Gasteiger partial charge in [0, 0.05) is 32.5 Å². The monoisotopic (exact) mass is 401 g/mol. The van der Waals surface area contributed by atoms with Crippen molar-refractivity contribution in [1.82, 2.24) is 20.2 Å². The zero-order chi connectivity index (χ0) is 21.1. The lowest BCUT2D eigenvalue weighted by molar-refractivity contribution is 0.310. The van der Waals surface area contributed by atoms with Crippen molar-refractivity contribution in [3.63, 3.8) is 0 Å². The van der Waals surface area contributed by atoms with E-state index in [1.807, 2.05) is 25.4 Å². The van der Waals surface area contributed by atoms with Crippen molar-refractivity contribution in [2.24, 2.45) is 10.9 Å². The molecular formula is C22H35N5O2. The number of methoxy groups -OCH3 is 1. The molecule has 1 aromatic heterocycles. The minimum atomic E-state index is 0.585. The van der Waals surface area contributed by atoms with Crippen LogP contribution in [0.2, 0.25) is 0 Å². The van der Waals surface area contributed by atoms with Gasteiger partial charge in [-0.25, -0.2) is 4.98 Å². The number of aromatic nitrogens is 2. The first-order chi connectivity index (χ1) is 14.1. The highest BCUT2D eigenvalue weighted by Gasteiger charge is 2.07.